The summed E-state index contributed by atoms with van der Waals surface area (Å²) in [7, 11) is 0. The maximum absolute atomic E-state index is 13.6. The van der Waals surface area contributed by atoms with Crippen LogP contribution in [0.4, 0.5) is 5.69 Å². The lowest BCUT2D eigenvalue weighted by atomic mass is 9.68. The van der Waals surface area contributed by atoms with Crippen molar-refractivity contribution in [3.8, 4) is 5.75 Å². The Morgan fingerprint density at radius 2 is 1.78 bits per heavy atom. The van der Waals surface area contributed by atoms with Gasteiger partial charge < -0.3 is 10.1 Å². The summed E-state index contributed by atoms with van der Waals surface area (Å²) >= 11 is 0. The molecule has 0 saturated carbocycles. The predicted molar refractivity (Wildman–Crippen MR) is 140 cm³/mol. The number of benzene rings is 3. The smallest absolute Gasteiger partial charge is 0.343 e. The first-order chi connectivity index (χ1) is 17.4. The van der Waals surface area contributed by atoms with Gasteiger partial charge >= 0.3 is 5.97 Å². The van der Waals surface area contributed by atoms with Crippen LogP contribution in [0.25, 0.3) is 10.8 Å². The maximum atomic E-state index is 13.6. The van der Waals surface area contributed by atoms with Gasteiger partial charge in [-0.25, -0.2) is 4.79 Å². The summed E-state index contributed by atoms with van der Waals surface area (Å²) in [6.45, 7) is 4.28. The van der Waals surface area contributed by atoms with Crippen molar-refractivity contribution in [3.63, 3.8) is 0 Å². The molecule has 0 saturated heterocycles. The molecule has 6 rings (SSSR count). The average molecular weight is 475 g/mol. The third kappa shape index (κ3) is 3.87. The first kappa shape index (κ1) is 22.2. The van der Waals surface area contributed by atoms with E-state index in [0.717, 1.165) is 45.3 Å². The summed E-state index contributed by atoms with van der Waals surface area (Å²) in [4.78, 5) is 30.3. The molecular formula is C31H26N2O3. The molecule has 1 unspecified atom stereocenters. The summed E-state index contributed by atoms with van der Waals surface area (Å²) in [6, 6.07) is 23.3. The molecule has 1 aromatic heterocycles. The fourth-order valence-corrected chi connectivity index (χ4v) is 5.55. The fourth-order valence-electron chi connectivity index (χ4n) is 5.55. The van der Waals surface area contributed by atoms with Crippen LogP contribution in [0, 0.1) is 5.41 Å². The van der Waals surface area contributed by atoms with E-state index in [1.54, 1.807) is 30.6 Å². The average Bonchev–Trinajstić information content (AvgIpc) is 2.87. The number of ketones is 1. The molecule has 0 amide bonds. The molecule has 0 radical (unpaired) electrons. The van der Waals surface area contributed by atoms with Crippen LogP contribution in [-0.4, -0.2) is 16.7 Å². The quantitative estimate of drug-likeness (QED) is 0.266. The maximum Gasteiger partial charge on any atom is 0.343 e. The van der Waals surface area contributed by atoms with Gasteiger partial charge in [0.25, 0.3) is 0 Å². The highest BCUT2D eigenvalue weighted by atomic mass is 16.5. The molecule has 1 aliphatic carbocycles. The number of aromatic nitrogens is 1. The SMILES string of the molecule is CC1(C)CC(=O)C2=C(C1)Nc1ccc3ccccc3c1C2c1cccc(OC(=O)c2ccncc2)c1. The molecule has 178 valence electrons. The molecule has 1 N–H and O–H groups in total. The Labute approximate surface area is 209 Å². The Balaban J connectivity index is 1.50. The van der Waals surface area contributed by atoms with Crippen molar-refractivity contribution in [3.05, 3.63) is 113 Å². The van der Waals surface area contributed by atoms with E-state index in [1.165, 1.54) is 0 Å². The minimum atomic E-state index is -0.443. The number of pyridine rings is 1. The van der Waals surface area contributed by atoms with Gasteiger partial charge in [-0.1, -0.05) is 56.3 Å². The number of fused-ring (bicyclic) bond motifs is 3. The van der Waals surface area contributed by atoms with Gasteiger partial charge in [0, 0.05) is 41.7 Å². The monoisotopic (exact) mass is 474 g/mol. The topological polar surface area (TPSA) is 68.3 Å². The van der Waals surface area contributed by atoms with E-state index >= 15 is 0 Å². The Kier molecular flexibility index (Phi) is 5.22. The number of hydrogen-bond acceptors (Lipinski definition) is 5. The van der Waals surface area contributed by atoms with E-state index in [-0.39, 0.29) is 17.1 Å². The zero-order chi connectivity index (χ0) is 24.9. The van der Waals surface area contributed by atoms with E-state index in [4.69, 9.17) is 4.74 Å². The standard InChI is InChI=1S/C31H26N2O3/c1-31(2)17-25-29(26(34)18-31)27(28-23-9-4-3-6-19(23)10-11-24(28)33-25)21-7-5-8-22(16-21)36-30(35)20-12-14-32-15-13-20/h3-16,27,33H,17-18H2,1-2H3. The number of rotatable bonds is 3. The number of allylic oxidation sites excluding steroid dienone is 2. The van der Waals surface area contributed by atoms with E-state index in [9.17, 15) is 9.59 Å². The second-order valence-corrected chi connectivity index (χ2v) is 10.3. The lowest BCUT2D eigenvalue weighted by molar-refractivity contribution is -0.118. The van der Waals surface area contributed by atoms with Crippen LogP contribution in [0.2, 0.25) is 0 Å². The lowest BCUT2D eigenvalue weighted by Gasteiger charge is -2.40. The van der Waals surface area contributed by atoms with Crippen molar-refractivity contribution in [2.24, 2.45) is 5.41 Å². The molecule has 1 aliphatic heterocycles. The van der Waals surface area contributed by atoms with Gasteiger partial charge in [0.1, 0.15) is 5.75 Å². The Morgan fingerprint density at radius 1 is 0.972 bits per heavy atom. The molecule has 3 aromatic carbocycles. The molecule has 0 spiro atoms. The van der Waals surface area contributed by atoms with Crippen LogP contribution in [0.3, 0.4) is 0 Å². The van der Waals surface area contributed by atoms with Crippen molar-refractivity contribution in [2.45, 2.75) is 32.6 Å². The molecule has 5 heteroatoms. The molecule has 2 aliphatic rings. The highest BCUT2D eigenvalue weighted by molar-refractivity contribution is 6.04. The Bertz CT molecular complexity index is 1550. The van der Waals surface area contributed by atoms with Crippen molar-refractivity contribution in [2.75, 3.05) is 5.32 Å². The molecule has 1 atom stereocenters. The van der Waals surface area contributed by atoms with E-state index < -0.39 is 5.97 Å². The van der Waals surface area contributed by atoms with E-state index in [2.05, 4.69) is 48.4 Å². The number of nitrogens with one attached hydrogen (secondary N) is 1. The normalized spacial score (nSPS) is 18.3. The van der Waals surface area contributed by atoms with Gasteiger partial charge in [0.2, 0.25) is 0 Å². The van der Waals surface area contributed by atoms with Crippen LogP contribution < -0.4 is 10.1 Å². The number of anilines is 1. The zero-order valence-corrected chi connectivity index (χ0v) is 20.2. The van der Waals surface area contributed by atoms with Crippen LogP contribution in [0.5, 0.6) is 5.75 Å². The molecule has 2 heterocycles. The van der Waals surface area contributed by atoms with Crippen LogP contribution in [-0.2, 0) is 4.79 Å². The summed E-state index contributed by atoms with van der Waals surface area (Å²) in [5.41, 5.74) is 5.15. The number of carbonyl (C=O) groups excluding carboxylic acids is 2. The van der Waals surface area contributed by atoms with Crippen molar-refractivity contribution >= 4 is 28.2 Å². The van der Waals surface area contributed by atoms with Gasteiger partial charge in [-0.15, -0.1) is 0 Å². The number of Topliss-reactive ketones (excluding diaryl/α,β-unsaturated/α-hetero) is 1. The van der Waals surface area contributed by atoms with Gasteiger partial charge in [0.15, 0.2) is 5.78 Å². The van der Waals surface area contributed by atoms with Gasteiger partial charge in [-0.2, -0.15) is 0 Å². The van der Waals surface area contributed by atoms with E-state index in [1.807, 2.05) is 30.3 Å². The second kappa shape index (κ2) is 8.45. The molecule has 4 aromatic rings. The summed E-state index contributed by atoms with van der Waals surface area (Å²) in [5.74, 6) is -0.0940. The molecule has 36 heavy (non-hydrogen) atoms. The first-order valence-electron chi connectivity index (χ1n) is 12.2. The summed E-state index contributed by atoms with van der Waals surface area (Å²) in [6.07, 6.45) is 4.43. The molecule has 0 bridgehead atoms. The second-order valence-electron chi connectivity index (χ2n) is 10.3. The summed E-state index contributed by atoms with van der Waals surface area (Å²) < 4.78 is 5.72. The van der Waals surface area contributed by atoms with Crippen LogP contribution in [0.1, 0.15) is 54.1 Å². The first-order valence-corrected chi connectivity index (χ1v) is 12.2. The minimum Gasteiger partial charge on any atom is -0.423 e. The third-order valence-corrected chi connectivity index (χ3v) is 7.07. The number of hydrogen-bond donors (Lipinski definition) is 1. The lowest BCUT2D eigenvalue weighted by Crippen LogP contribution is -2.33. The van der Waals surface area contributed by atoms with Crippen molar-refractivity contribution < 1.29 is 14.3 Å². The van der Waals surface area contributed by atoms with Crippen LogP contribution >= 0.6 is 0 Å². The zero-order valence-electron chi connectivity index (χ0n) is 20.2. The van der Waals surface area contributed by atoms with Gasteiger partial charge in [0.05, 0.1) is 5.56 Å². The largest absolute Gasteiger partial charge is 0.423 e. The fraction of sp³-hybridized carbons (Fsp3) is 0.194. The minimum absolute atomic E-state index is 0.107. The van der Waals surface area contributed by atoms with Gasteiger partial charge in [-0.05, 0) is 64.1 Å². The number of esters is 1. The van der Waals surface area contributed by atoms with Crippen molar-refractivity contribution in [1.29, 1.82) is 0 Å². The number of ether oxygens (including phenoxy) is 1. The molecular weight excluding hydrogens is 448 g/mol. The molecule has 0 fully saturated rings. The van der Waals surface area contributed by atoms with Gasteiger partial charge in [-0.3, -0.25) is 9.78 Å². The Hall–Kier alpha value is -4.25. The molecule has 5 nitrogen and oxygen atoms in total. The number of carbonyl (C=O) groups is 2. The summed E-state index contributed by atoms with van der Waals surface area (Å²) in [5, 5.41) is 5.84. The Morgan fingerprint density at radius 3 is 2.61 bits per heavy atom. The number of nitrogens with zero attached hydrogens (tertiary/aromatic N) is 1. The van der Waals surface area contributed by atoms with E-state index in [0.29, 0.717) is 17.7 Å². The third-order valence-electron chi connectivity index (χ3n) is 7.07. The highest BCUT2D eigenvalue weighted by Crippen LogP contribution is 2.51. The highest BCUT2D eigenvalue weighted by Gasteiger charge is 2.41. The van der Waals surface area contributed by atoms with Crippen LogP contribution in [0.15, 0.2) is 96.5 Å². The predicted octanol–water partition coefficient (Wildman–Crippen LogP) is 6.65. The van der Waals surface area contributed by atoms with Crippen molar-refractivity contribution in [1.82, 2.24) is 4.98 Å².